The molecule has 5 nitrogen and oxygen atoms in total. The quantitative estimate of drug-likeness (QED) is 0.806. The summed E-state index contributed by atoms with van der Waals surface area (Å²) in [6, 6.07) is 5.88. The lowest BCUT2D eigenvalue weighted by atomic mass is 10.1. The number of hydrogen-bond acceptors (Lipinski definition) is 5. The summed E-state index contributed by atoms with van der Waals surface area (Å²) < 4.78 is 27.0. The van der Waals surface area contributed by atoms with Crippen molar-refractivity contribution in [2.24, 2.45) is 0 Å². The Morgan fingerprint density at radius 2 is 2.17 bits per heavy atom. The molecule has 0 bridgehead atoms. The van der Waals surface area contributed by atoms with Crippen LogP contribution in [-0.2, 0) is 27.3 Å². The van der Waals surface area contributed by atoms with Crippen LogP contribution >= 0.6 is 0 Å². The maximum atomic E-state index is 12.5. The summed E-state index contributed by atoms with van der Waals surface area (Å²) in [7, 11) is 0. The molecular formula is C17H28N2O3S. The van der Waals surface area contributed by atoms with Crippen molar-refractivity contribution in [2.45, 2.75) is 70.1 Å². The predicted molar refractivity (Wildman–Crippen MR) is 92.3 cm³/mol. The van der Waals surface area contributed by atoms with Gasteiger partial charge in [0.05, 0.1) is 18.8 Å². The topological polar surface area (TPSA) is 66.4 Å². The summed E-state index contributed by atoms with van der Waals surface area (Å²) in [5.41, 5.74) is 0.981. The Hall–Kier alpha value is -0.660. The number of nitrogens with zero attached hydrogens (tertiary/aromatic N) is 1. The SMILES string of the molecule is CC1(C)OC[C@H](C[C@@H](Cc2ccccn2)N[S@+]([O-])C(C)(C)C)O1. The smallest absolute Gasteiger partial charge is 0.163 e. The Kier molecular flexibility index (Phi) is 6.08. The highest BCUT2D eigenvalue weighted by molar-refractivity contribution is 7.90. The summed E-state index contributed by atoms with van der Waals surface area (Å²) in [5, 5.41) is 0. The van der Waals surface area contributed by atoms with Gasteiger partial charge in [-0.3, -0.25) is 4.98 Å². The fourth-order valence-electron chi connectivity index (χ4n) is 2.47. The Balaban J connectivity index is 2.02. The van der Waals surface area contributed by atoms with Crippen molar-refractivity contribution in [3.8, 4) is 0 Å². The van der Waals surface area contributed by atoms with E-state index >= 15 is 0 Å². The molecular weight excluding hydrogens is 312 g/mol. The molecule has 0 aromatic carbocycles. The van der Waals surface area contributed by atoms with Crippen LogP contribution in [0.1, 0.15) is 46.7 Å². The van der Waals surface area contributed by atoms with Crippen molar-refractivity contribution >= 4 is 11.4 Å². The van der Waals surface area contributed by atoms with Gasteiger partial charge in [-0.1, -0.05) is 6.07 Å². The van der Waals surface area contributed by atoms with E-state index in [0.29, 0.717) is 13.0 Å². The Morgan fingerprint density at radius 3 is 2.70 bits per heavy atom. The van der Waals surface area contributed by atoms with Gasteiger partial charge in [0.2, 0.25) is 0 Å². The summed E-state index contributed by atoms with van der Waals surface area (Å²) in [5.74, 6) is -0.538. The normalized spacial score (nSPS) is 23.7. The molecule has 1 N–H and O–H groups in total. The molecule has 0 spiro atoms. The number of aromatic nitrogens is 1. The van der Waals surface area contributed by atoms with E-state index in [-0.39, 0.29) is 16.9 Å². The van der Waals surface area contributed by atoms with E-state index in [1.54, 1.807) is 6.20 Å². The lowest BCUT2D eigenvalue weighted by Crippen LogP contribution is -2.47. The van der Waals surface area contributed by atoms with Crippen LogP contribution in [0.4, 0.5) is 0 Å². The summed E-state index contributed by atoms with van der Waals surface area (Å²) in [6.45, 7) is 10.3. The molecule has 2 rings (SSSR count). The van der Waals surface area contributed by atoms with Gasteiger partial charge < -0.3 is 14.0 Å². The number of nitrogens with one attached hydrogen (secondary N) is 1. The first-order valence-corrected chi connectivity index (χ1v) is 9.20. The maximum absolute atomic E-state index is 12.5. The van der Waals surface area contributed by atoms with Crippen LogP contribution in [0.3, 0.4) is 0 Å². The van der Waals surface area contributed by atoms with Crippen molar-refractivity contribution in [3.05, 3.63) is 30.1 Å². The molecule has 3 atom stereocenters. The van der Waals surface area contributed by atoms with E-state index < -0.39 is 17.1 Å². The first kappa shape index (κ1) is 18.7. The second-order valence-electron chi connectivity index (χ2n) is 7.41. The Bertz CT molecular complexity index is 490. The maximum Gasteiger partial charge on any atom is 0.163 e. The average Bonchev–Trinajstić information content (AvgIpc) is 2.78. The van der Waals surface area contributed by atoms with Crippen LogP contribution in [0.15, 0.2) is 24.4 Å². The molecule has 0 radical (unpaired) electrons. The number of hydrogen-bond donors (Lipinski definition) is 1. The largest absolute Gasteiger partial charge is 0.598 e. The molecule has 130 valence electrons. The minimum atomic E-state index is -1.13. The zero-order chi connectivity index (χ0) is 17.1. The van der Waals surface area contributed by atoms with E-state index in [2.05, 4.69) is 9.71 Å². The van der Waals surface area contributed by atoms with Crippen LogP contribution in [0.25, 0.3) is 0 Å². The number of ether oxygens (including phenoxy) is 2. The monoisotopic (exact) mass is 340 g/mol. The van der Waals surface area contributed by atoms with Crippen molar-refractivity contribution < 1.29 is 14.0 Å². The highest BCUT2D eigenvalue weighted by atomic mass is 32.2. The Labute approximate surface area is 142 Å². The summed E-state index contributed by atoms with van der Waals surface area (Å²) >= 11 is -1.13. The van der Waals surface area contributed by atoms with Crippen molar-refractivity contribution in [2.75, 3.05) is 6.61 Å². The van der Waals surface area contributed by atoms with E-state index in [9.17, 15) is 4.55 Å². The zero-order valence-corrected chi connectivity index (χ0v) is 15.5. The van der Waals surface area contributed by atoms with Gasteiger partial charge in [-0.25, -0.2) is 0 Å². The second kappa shape index (κ2) is 7.49. The molecule has 1 aromatic heterocycles. The molecule has 0 saturated carbocycles. The number of pyridine rings is 1. The fourth-order valence-corrected chi connectivity index (χ4v) is 3.30. The fraction of sp³-hybridized carbons (Fsp3) is 0.706. The van der Waals surface area contributed by atoms with Gasteiger partial charge in [0.25, 0.3) is 0 Å². The van der Waals surface area contributed by atoms with Crippen LogP contribution in [0, 0.1) is 0 Å². The van der Waals surface area contributed by atoms with Crippen molar-refractivity contribution in [1.29, 1.82) is 0 Å². The lowest BCUT2D eigenvalue weighted by molar-refractivity contribution is -0.139. The standard InChI is InChI=1S/C17H28N2O3S/c1-16(2,3)23(20)19-14(10-13-8-6-7-9-18-13)11-15-12-21-17(4,5)22-15/h6-9,14-15,19H,10-12H2,1-5H3/t14-,15+,23-/m1/s1. The minimum absolute atomic E-state index is 0.00295. The summed E-state index contributed by atoms with van der Waals surface area (Å²) in [4.78, 5) is 4.38. The zero-order valence-electron chi connectivity index (χ0n) is 14.7. The van der Waals surface area contributed by atoms with Crippen LogP contribution in [0.5, 0.6) is 0 Å². The minimum Gasteiger partial charge on any atom is -0.598 e. The summed E-state index contributed by atoms with van der Waals surface area (Å²) in [6.07, 6.45) is 3.24. The molecule has 0 amide bonds. The van der Waals surface area contributed by atoms with Gasteiger partial charge in [-0.2, -0.15) is 0 Å². The molecule has 1 aromatic rings. The van der Waals surface area contributed by atoms with Crippen molar-refractivity contribution in [1.82, 2.24) is 9.71 Å². The lowest BCUT2D eigenvalue weighted by Gasteiger charge is -2.29. The molecule has 6 heteroatoms. The van der Waals surface area contributed by atoms with Crippen molar-refractivity contribution in [3.63, 3.8) is 0 Å². The second-order valence-corrected chi connectivity index (χ2v) is 9.41. The molecule has 1 aliphatic heterocycles. The molecule has 2 heterocycles. The van der Waals surface area contributed by atoms with E-state index in [0.717, 1.165) is 12.1 Å². The molecule has 1 fully saturated rings. The molecule has 1 saturated heterocycles. The van der Waals surface area contributed by atoms with Crippen LogP contribution in [-0.4, -0.2) is 38.8 Å². The highest BCUT2D eigenvalue weighted by Crippen LogP contribution is 2.26. The predicted octanol–water partition coefficient (Wildman–Crippen LogP) is 2.59. The van der Waals surface area contributed by atoms with E-state index in [1.807, 2.05) is 52.8 Å². The van der Waals surface area contributed by atoms with E-state index in [4.69, 9.17) is 9.47 Å². The van der Waals surface area contributed by atoms with Gasteiger partial charge in [0, 0.05) is 29.7 Å². The number of rotatable bonds is 6. The molecule has 0 aliphatic carbocycles. The van der Waals surface area contributed by atoms with Crippen LogP contribution in [0.2, 0.25) is 0 Å². The highest BCUT2D eigenvalue weighted by Gasteiger charge is 2.36. The third kappa shape index (κ3) is 6.04. The van der Waals surface area contributed by atoms with Gasteiger partial charge >= 0.3 is 0 Å². The third-order valence-electron chi connectivity index (χ3n) is 3.63. The van der Waals surface area contributed by atoms with E-state index in [1.165, 1.54) is 0 Å². The van der Waals surface area contributed by atoms with Gasteiger partial charge in [-0.05, 0) is 53.2 Å². The van der Waals surface area contributed by atoms with Gasteiger partial charge in [-0.15, -0.1) is 4.72 Å². The molecule has 0 unspecified atom stereocenters. The first-order valence-electron chi connectivity index (χ1n) is 8.05. The Morgan fingerprint density at radius 1 is 1.43 bits per heavy atom. The third-order valence-corrected chi connectivity index (χ3v) is 5.29. The first-order chi connectivity index (χ1) is 10.7. The molecule has 23 heavy (non-hydrogen) atoms. The average molecular weight is 340 g/mol. The van der Waals surface area contributed by atoms with Gasteiger partial charge in [0.15, 0.2) is 5.79 Å². The van der Waals surface area contributed by atoms with Gasteiger partial charge in [0.1, 0.15) is 4.75 Å². The molecule has 1 aliphatic rings. The van der Waals surface area contributed by atoms with Crippen LogP contribution < -0.4 is 4.72 Å².